The maximum Gasteiger partial charge on any atom is 0.328 e. The summed E-state index contributed by atoms with van der Waals surface area (Å²) in [5, 5.41) is 17.6. The zero-order valence-electron chi connectivity index (χ0n) is 14.5. The molecular weight excluding hydrogens is 386 g/mol. The van der Waals surface area contributed by atoms with Crippen LogP contribution in [0.15, 0.2) is 53.6 Å². The van der Waals surface area contributed by atoms with E-state index in [9.17, 15) is 19.5 Å². The molecule has 0 radical (unpaired) electrons. The van der Waals surface area contributed by atoms with Crippen LogP contribution < -0.4 is 10.6 Å². The van der Waals surface area contributed by atoms with Crippen LogP contribution in [0.5, 0.6) is 0 Å². The molecule has 0 aliphatic carbocycles. The van der Waals surface area contributed by atoms with Gasteiger partial charge in [-0.05, 0) is 35.4 Å². The van der Waals surface area contributed by atoms with Crippen molar-refractivity contribution in [3.63, 3.8) is 0 Å². The minimum atomic E-state index is -1.35. The van der Waals surface area contributed by atoms with Gasteiger partial charge in [-0.2, -0.15) is 0 Å². The van der Waals surface area contributed by atoms with Gasteiger partial charge in [-0.25, -0.2) is 4.79 Å². The predicted molar refractivity (Wildman–Crippen MR) is 102 cm³/mol. The number of aliphatic carboxylic acids is 1. The topological polar surface area (TPSA) is 144 Å². The van der Waals surface area contributed by atoms with Gasteiger partial charge in [0, 0.05) is 17.0 Å². The van der Waals surface area contributed by atoms with Gasteiger partial charge in [-0.15, -0.1) is 0 Å². The van der Waals surface area contributed by atoms with Crippen molar-refractivity contribution in [2.24, 2.45) is 5.11 Å². The molecule has 2 aromatic carbocycles. The molecule has 0 heterocycles. The first kappa shape index (κ1) is 20.8. The van der Waals surface area contributed by atoms with E-state index in [0.29, 0.717) is 11.1 Å². The first-order valence-corrected chi connectivity index (χ1v) is 8.46. The molecule has 9 nitrogen and oxygen atoms in total. The lowest BCUT2D eigenvalue weighted by Crippen LogP contribution is -2.48. The number of nitrogens with zero attached hydrogens (tertiary/aromatic N) is 3. The standard InChI is InChI=1S/C18H16ClN5O4/c19-14-8-11(9-22-24-20)6-7-13(14)17(26)23-15(18(27)28)10-21-16(25)12-4-2-1-3-5-12/h1-8,15H,9-10H2,(H,21,25)(H,23,26)(H,27,28)/t15-/m0/s1. The first-order chi connectivity index (χ1) is 13.4. The number of carboxylic acid groups (broad SMARTS) is 1. The number of hydrogen-bond acceptors (Lipinski definition) is 4. The molecule has 144 valence electrons. The largest absolute Gasteiger partial charge is 0.480 e. The number of carboxylic acids is 1. The molecule has 0 spiro atoms. The number of rotatable bonds is 8. The fourth-order valence-corrected chi connectivity index (χ4v) is 2.57. The summed E-state index contributed by atoms with van der Waals surface area (Å²) in [4.78, 5) is 38.5. The van der Waals surface area contributed by atoms with E-state index >= 15 is 0 Å². The highest BCUT2D eigenvalue weighted by atomic mass is 35.5. The van der Waals surface area contributed by atoms with Crippen LogP contribution in [0.25, 0.3) is 10.4 Å². The average Bonchev–Trinajstić information content (AvgIpc) is 2.69. The maximum absolute atomic E-state index is 12.4. The molecule has 2 amide bonds. The van der Waals surface area contributed by atoms with E-state index in [2.05, 4.69) is 20.7 Å². The lowest BCUT2D eigenvalue weighted by molar-refractivity contribution is -0.139. The molecule has 1 atom stereocenters. The van der Waals surface area contributed by atoms with Crippen molar-refractivity contribution in [2.75, 3.05) is 6.54 Å². The summed E-state index contributed by atoms with van der Waals surface area (Å²) in [5.74, 6) is -2.47. The van der Waals surface area contributed by atoms with Gasteiger partial charge in [0.25, 0.3) is 11.8 Å². The molecule has 10 heteroatoms. The van der Waals surface area contributed by atoms with Crippen LogP contribution in [0.2, 0.25) is 5.02 Å². The predicted octanol–water partition coefficient (Wildman–Crippen LogP) is 2.76. The fraction of sp³-hybridized carbons (Fsp3) is 0.167. The van der Waals surface area contributed by atoms with Crippen LogP contribution in [-0.2, 0) is 11.3 Å². The van der Waals surface area contributed by atoms with Crippen LogP contribution in [0.4, 0.5) is 0 Å². The molecule has 0 aliphatic rings. The summed E-state index contributed by atoms with van der Waals surface area (Å²) in [7, 11) is 0. The molecule has 0 unspecified atom stereocenters. The van der Waals surface area contributed by atoms with Crippen LogP contribution in [0.1, 0.15) is 26.3 Å². The highest BCUT2D eigenvalue weighted by Gasteiger charge is 2.23. The van der Waals surface area contributed by atoms with Gasteiger partial charge >= 0.3 is 5.97 Å². The van der Waals surface area contributed by atoms with Crippen LogP contribution in [0, 0.1) is 0 Å². The summed E-state index contributed by atoms with van der Waals surface area (Å²) < 4.78 is 0. The van der Waals surface area contributed by atoms with Crippen molar-refractivity contribution in [2.45, 2.75) is 12.6 Å². The van der Waals surface area contributed by atoms with Crippen LogP contribution in [0.3, 0.4) is 0 Å². The number of halogens is 1. The number of amides is 2. The van der Waals surface area contributed by atoms with Gasteiger partial charge in [0.1, 0.15) is 6.04 Å². The van der Waals surface area contributed by atoms with Crippen molar-refractivity contribution < 1.29 is 19.5 Å². The summed E-state index contributed by atoms with van der Waals surface area (Å²) in [6, 6.07) is 11.3. The summed E-state index contributed by atoms with van der Waals surface area (Å²) >= 11 is 6.06. The molecule has 0 aromatic heterocycles. The Labute approximate surface area is 164 Å². The number of carbonyl (C=O) groups is 3. The Bertz CT molecular complexity index is 929. The van der Waals surface area contributed by atoms with Gasteiger partial charge in [0.2, 0.25) is 0 Å². The Balaban J connectivity index is 2.03. The zero-order valence-corrected chi connectivity index (χ0v) is 15.3. The van der Waals surface area contributed by atoms with Gasteiger partial charge < -0.3 is 15.7 Å². The quantitative estimate of drug-likeness (QED) is 0.354. The van der Waals surface area contributed by atoms with Gasteiger partial charge in [0.05, 0.1) is 17.1 Å². The Hall–Kier alpha value is -3.55. The monoisotopic (exact) mass is 401 g/mol. The van der Waals surface area contributed by atoms with E-state index in [1.165, 1.54) is 12.1 Å². The molecule has 0 aliphatic heterocycles. The molecule has 28 heavy (non-hydrogen) atoms. The third kappa shape index (κ3) is 5.73. The van der Waals surface area contributed by atoms with E-state index in [-0.39, 0.29) is 23.7 Å². The van der Waals surface area contributed by atoms with E-state index < -0.39 is 23.8 Å². The molecular formula is C18H16ClN5O4. The second-order valence-corrected chi connectivity index (χ2v) is 6.05. The number of hydrogen-bond donors (Lipinski definition) is 3. The Kier molecular flexibility index (Phi) is 7.38. The Morgan fingerprint density at radius 2 is 1.86 bits per heavy atom. The van der Waals surface area contributed by atoms with Gasteiger partial charge in [0.15, 0.2) is 0 Å². The Morgan fingerprint density at radius 3 is 2.46 bits per heavy atom. The van der Waals surface area contributed by atoms with Gasteiger partial charge in [-0.3, -0.25) is 9.59 Å². The fourth-order valence-electron chi connectivity index (χ4n) is 2.28. The number of carbonyl (C=O) groups excluding carboxylic acids is 2. The maximum atomic E-state index is 12.4. The highest BCUT2D eigenvalue weighted by molar-refractivity contribution is 6.34. The van der Waals surface area contributed by atoms with E-state index in [0.717, 1.165) is 0 Å². The molecule has 3 N–H and O–H groups in total. The van der Waals surface area contributed by atoms with E-state index in [1.54, 1.807) is 36.4 Å². The third-order valence-corrected chi connectivity index (χ3v) is 4.01. The van der Waals surface area contributed by atoms with Crippen molar-refractivity contribution in [1.82, 2.24) is 10.6 Å². The van der Waals surface area contributed by atoms with Crippen molar-refractivity contribution >= 4 is 29.4 Å². The average molecular weight is 402 g/mol. The molecule has 0 saturated heterocycles. The summed E-state index contributed by atoms with van der Waals surface area (Å²) in [6.45, 7) is -0.233. The normalized spacial score (nSPS) is 11.0. The zero-order chi connectivity index (χ0) is 20.5. The lowest BCUT2D eigenvalue weighted by atomic mass is 10.1. The minimum Gasteiger partial charge on any atom is -0.480 e. The molecule has 0 saturated carbocycles. The van der Waals surface area contributed by atoms with Crippen molar-refractivity contribution in [3.05, 3.63) is 80.7 Å². The van der Waals surface area contributed by atoms with E-state index in [4.69, 9.17) is 17.1 Å². The lowest BCUT2D eigenvalue weighted by Gasteiger charge is -2.16. The molecule has 2 aromatic rings. The van der Waals surface area contributed by atoms with Crippen LogP contribution >= 0.6 is 11.6 Å². The second kappa shape index (κ2) is 9.96. The molecule has 0 fully saturated rings. The summed E-state index contributed by atoms with van der Waals surface area (Å²) in [6.07, 6.45) is 0. The van der Waals surface area contributed by atoms with Crippen LogP contribution in [-0.4, -0.2) is 35.5 Å². The second-order valence-electron chi connectivity index (χ2n) is 5.64. The van der Waals surface area contributed by atoms with Crippen molar-refractivity contribution in [3.8, 4) is 0 Å². The smallest absolute Gasteiger partial charge is 0.328 e. The number of benzene rings is 2. The SMILES string of the molecule is [N-]=[N+]=NCc1ccc(C(=O)N[C@@H](CNC(=O)c2ccccc2)C(=O)O)c(Cl)c1. The third-order valence-electron chi connectivity index (χ3n) is 3.70. The number of azide groups is 1. The molecule has 0 bridgehead atoms. The van der Waals surface area contributed by atoms with E-state index in [1.807, 2.05) is 0 Å². The number of nitrogens with one attached hydrogen (secondary N) is 2. The van der Waals surface area contributed by atoms with Gasteiger partial charge in [-0.1, -0.05) is 41.0 Å². The Morgan fingerprint density at radius 1 is 1.14 bits per heavy atom. The molecule has 2 rings (SSSR count). The summed E-state index contributed by atoms with van der Waals surface area (Å²) in [5.41, 5.74) is 9.36. The van der Waals surface area contributed by atoms with Crippen molar-refractivity contribution in [1.29, 1.82) is 0 Å². The minimum absolute atomic E-state index is 0.0620. The first-order valence-electron chi connectivity index (χ1n) is 8.08. The highest BCUT2D eigenvalue weighted by Crippen LogP contribution is 2.18.